The fraction of sp³-hybridized carbons (Fsp3) is 0.333. The molecule has 0 radical (unpaired) electrons. The molecule has 2 aromatic heterocycles. The first-order chi connectivity index (χ1) is 16.9. The lowest BCUT2D eigenvalue weighted by molar-refractivity contribution is -0.754. The van der Waals surface area contributed by atoms with Crippen molar-refractivity contribution in [1.82, 2.24) is 19.7 Å². The number of aromatic nitrogens is 5. The Bertz CT molecular complexity index is 1260. The van der Waals surface area contributed by atoms with Gasteiger partial charge in [0.2, 0.25) is 12.6 Å². The molecule has 0 fully saturated rings. The summed E-state index contributed by atoms with van der Waals surface area (Å²) in [6.45, 7) is 2.33. The molecule has 192 valence electrons. The van der Waals surface area contributed by atoms with Crippen LogP contribution in [0.15, 0.2) is 43.4 Å². The Balaban J connectivity index is 1.90. The van der Waals surface area contributed by atoms with Crippen molar-refractivity contribution in [2.24, 2.45) is 5.73 Å². The van der Waals surface area contributed by atoms with Crippen LogP contribution in [-0.2, 0) is 26.4 Å². The standard InChI is InChI=1S/C21H21F3N6O6/c1-11(17-16(24)6-26-8-27-17)21(34,14-4-3-13(22)5-15(14)23)7-30-10-29(9-28-30)12(2)35-20(33)36-18(25)19(31)32/h3-6,8-12,18,34H,7,25H2,1-2H3/p+1/t11-,12?,18+,21+/m0/s1. The van der Waals surface area contributed by atoms with Gasteiger partial charge in [0.05, 0.1) is 11.9 Å². The number of aliphatic carboxylic acids is 1. The van der Waals surface area contributed by atoms with Gasteiger partial charge in [-0.25, -0.2) is 32.7 Å². The highest BCUT2D eigenvalue weighted by molar-refractivity contribution is 5.74. The minimum absolute atomic E-state index is 0.217. The monoisotopic (exact) mass is 511 g/mol. The third-order valence-electron chi connectivity index (χ3n) is 5.38. The molecule has 0 saturated heterocycles. The van der Waals surface area contributed by atoms with Crippen LogP contribution in [0.25, 0.3) is 0 Å². The average molecular weight is 511 g/mol. The molecule has 3 rings (SSSR count). The Hall–Kier alpha value is -4.11. The summed E-state index contributed by atoms with van der Waals surface area (Å²) in [7, 11) is 0. The third-order valence-corrected chi connectivity index (χ3v) is 5.38. The van der Waals surface area contributed by atoms with E-state index in [1.165, 1.54) is 31.1 Å². The van der Waals surface area contributed by atoms with Gasteiger partial charge in [-0.05, 0) is 6.07 Å². The molecule has 0 spiro atoms. The van der Waals surface area contributed by atoms with Gasteiger partial charge in [0, 0.05) is 29.6 Å². The number of benzene rings is 1. The van der Waals surface area contributed by atoms with E-state index in [1.807, 2.05) is 0 Å². The number of rotatable bonds is 9. The van der Waals surface area contributed by atoms with Gasteiger partial charge in [-0.1, -0.05) is 13.0 Å². The molecule has 1 unspecified atom stereocenters. The minimum Gasteiger partial charge on any atom is -0.477 e. The highest BCUT2D eigenvalue weighted by Gasteiger charge is 2.43. The summed E-state index contributed by atoms with van der Waals surface area (Å²) in [5, 5.41) is 24.4. The number of carboxylic acid groups (broad SMARTS) is 1. The molecule has 0 aliphatic rings. The number of nitrogens with two attached hydrogens (primary N) is 1. The van der Waals surface area contributed by atoms with Crippen LogP contribution in [-0.4, -0.2) is 48.3 Å². The predicted octanol–water partition coefficient (Wildman–Crippen LogP) is 1.11. The molecule has 12 nitrogen and oxygen atoms in total. The molecule has 36 heavy (non-hydrogen) atoms. The second kappa shape index (κ2) is 10.7. The van der Waals surface area contributed by atoms with Crippen LogP contribution >= 0.6 is 0 Å². The zero-order valence-corrected chi connectivity index (χ0v) is 19.0. The van der Waals surface area contributed by atoms with Crippen LogP contribution in [0.1, 0.15) is 37.3 Å². The van der Waals surface area contributed by atoms with E-state index in [2.05, 4.69) is 19.8 Å². The topological polar surface area (TPSA) is 167 Å². The largest absolute Gasteiger partial charge is 0.513 e. The van der Waals surface area contributed by atoms with Gasteiger partial charge < -0.3 is 19.7 Å². The smallest absolute Gasteiger partial charge is 0.477 e. The van der Waals surface area contributed by atoms with Crippen LogP contribution in [0.5, 0.6) is 0 Å². The van der Waals surface area contributed by atoms with Crippen molar-refractivity contribution < 1.29 is 47.0 Å². The molecule has 0 amide bonds. The van der Waals surface area contributed by atoms with Crippen molar-refractivity contribution >= 4 is 12.1 Å². The Kier molecular flexibility index (Phi) is 7.84. The fourth-order valence-electron chi connectivity index (χ4n) is 3.40. The molecule has 0 bridgehead atoms. The maximum Gasteiger partial charge on any atom is 0.513 e. The van der Waals surface area contributed by atoms with Crippen LogP contribution in [0.2, 0.25) is 0 Å². The summed E-state index contributed by atoms with van der Waals surface area (Å²) < 4.78 is 54.5. The van der Waals surface area contributed by atoms with Gasteiger partial charge in [0.15, 0.2) is 5.82 Å². The van der Waals surface area contributed by atoms with Crippen molar-refractivity contribution in [3.05, 3.63) is 72.1 Å². The first-order valence-electron chi connectivity index (χ1n) is 10.3. The molecule has 1 aromatic carbocycles. The molecule has 4 N–H and O–H groups in total. The molecule has 2 heterocycles. The summed E-state index contributed by atoms with van der Waals surface area (Å²) >= 11 is 0. The predicted molar refractivity (Wildman–Crippen MR) is 111 cm³/mol. The zero-order chi connectivity index (χ0) is 26.6. The van der Waals surface area contributed by atoms with Crippen molar-refractivity contribution in [3.8, 4) is 0 Å². The van der Waals surface area contributed by atoms with Crippen LogP contribution < -0.4 is 10.3 Å². The van der Waals surface area contributed by atoms with E-state index >= 15 is 0 Å². The van der Waals surface area contributed by atoms with Gasteiger partial charge in [-0.3, -0.25) is 5.73 Å². The third kappa shape index (κ3) is 5.75. The number of hydrogen-bond donors (Lipinski definition) is 3. The van der Waals surface area contributed by atoms with E-state index in [9.17, 15) is 27.9 Å². The van der Waals surface area contributed by atoms with Crippen molar-refractivity contribution in [3.63, 3.8) is 0 Å². The van der Waals surface area contributed by atoms with Gasteiger partial charge in [0.1, 0.15) is 30.1 Å². The minimum atomic E-state index is -2.19. The summed E-state index contributed by atoms with van der Waals surface area (Å²) in [5.74, 6) is -5.55. The lowest BCUT2D eigenvalue weighted by atomic mass is 9.79. The van der Waals surface area contributed by atoms with Gasteiger partial charge in [-0.2, -0.15) is 4.57 Å². The van der Waals surface area contributed by atoms with E-state index < -0.39 is 60.1 Å². The second-order valence-corrected chi connectivity index (χ2v) is 7.76. The van der Waals surface area contributed by atoms with Gasteiger partial charge in [0.25, 0.3) is 12.6 Å². The molecule has 4 atom stereocenters. The molecule has 0 aliphatic heterocycles. The first kappa shape index (κ1) is 26.5. The van der Waals surface area contributed by atoms with E-state index in [0.29, 0.717) is 6.07 Å². The number of ether oxygens (including phenoxy) is 2. The first-order valence-corrected chi connectivity index (χ1v) is 10.3. The number of carboxylic acids is 1. The van der Waals surface area contributed by atoms with E-state index in [1.54, 1.807) is 0 Å². The van der Waals surface area contributed by atoms with Crippen LogP contribution in [0.3, 0.4) is 0 Å². The quantitative estimate of drug-likeness (QED) is 0.215. The highest BCUT2D eigenvalue weighted by atomic mass is 19.1. The van der Waals surface area contributed by atoms with Crippen molar-refractivity contribution in [1.29, 1.82) is 0 Å². The summed E-state index contributed by atoms with van der Waals surface area (Å²) in [4.78, 5) is 29.8. The number of aliphatic hydroxyl groups is 1. The zero-order valence-electron chi connectivity index (χ0n) is 19.0. The fourth-order valence-corrected chi connectivity index (χ4v) is 3.40. The normalized spacial score (nSPS) is 15.4. The second-order valence-electron chi connectivity index (χ2n) is 7.76. The van der Waals surface area contributed by atoms with Gasteiger partial charge >= 0.3 is 12.1 Å². The van der Waals surface area contributed by atoms with Crippen molar-refractivity contribution in [2.45, 2.75) is 44.4 Å². The molecule has 3 aromatic rings. The number of carbonyl (C=O) groups excluding carboxylic acids is 1. The Morgan fingerprint density at radius 1 is 1.22 bits per heavy atom. The van der Waals surface area contributed by atoms with E-state index in [-0.39, 0.29) is 11.3 Å². The SMILES string of the molecule is CC(OC(=O)O[C@@H](N)C(=O)O)[n+]1cnn(C[C@](O)(c2ccc(F)cc2F)[C@@H](C)c2ncncc2F)c1. The Labute approximate surface area is 201 Å². The van der Waals surface area contributed by atoms with Gasteiger partial charge in [-0.15, -0.1) is 4.68 Å². The Morgan fingerprint density at radius 3 is 2.58 bits per heavy atom. The lowest BCUT2D eigenvalue weighted by Crippen LogP contribution is -2.42. The molecule has 0 saturated carbocycles. The van der Waals surface area contributed by atoms with E-state index in [4.69, 9.17) is 15.6 Å². The molecular formula is C21H22F3N6O6+. The maximum atomic E-state index is 14.8. The summed E-state index contributed by atoms with van der Waals surface area (Å²) in [5.41, 5.74) is 2.36. The van der Waals surface area contributed by atoms with Crippen LogP contribution in [0, 0.1) is 17.5 Å². The molecular weight excluding hydrogens is 489 g/mol. The summed E-state index contributed by atoms with van der Waals surface area (Å²) in [6, 6.07) is 2.56. The molecule has 0 aliphatic carbocycles. The number of halogens is 3. The van der Waals surface area contributed by atoms with Crippen LogP contribution in [0.4, 0.5) is 18.0 Å². The summed E-state index contributed by atoms with van der Waals surface area (Å²) in [6.07, 6.45) is 0.0387. The lowest BCUT2D eigenvalue weighted by Gasteiger charge is -2.32. The number of hydrogen-bond acceptors (Lipinski definition) is 9. The number of carbonyl (C=O) groups is 2. The molecule has 15 heteroatoms. The van der Waals surface area contributed by atoms with Crippen molar-refractivity contribution in [2.75, 3.05) is 0 Å². The number of nitrogens with zero attached hydrogens (tertiary/aromatic N) is 5. The van der Waals surface area contributed by atoms with E-state index in [0.717, 1.165) is 29.3 Å². The average Bonchev–Trinajstić information content (AvgIpc) is 3.27. The Morgan fingerprint density at radius 2 is 1.94 bits per heavy atom. The maximum absolute atomic E-state index is 14.8. The highest BCUT2D eigenvalue weighted by Crippen LogP contribution is 2.39.